The topological polar surface area (TPSA) is 48.0 Å². The van der Waals surface area contributed by atoms with Crippen LogP contribution in [-0.4, -0.2) is 50.2 Å². The van der Waals surface area contributed by atoms with Crippen molar-refractivity contribution in [1.82, 2.24) is 4.90 Å². The predicted octanol–water partition coefficient (Wildman–Crippen LogP) is 3.57. The fourth-order valence-corrected chi connectivity index (χ4v) is 4.44. The number of hydrogen-bond donors (Lipinski definition) is 0. The van der Waals surface area contributed by atoms with E-state index in [-0.39, 0.29) is 23.8 Å². The summed E-state index contributed by atoms with van der Waals surface area (Å²) in [5.74, 6) is 1.47. The van der Waals surface area contributed by atoms with Crippen LogP contribution >= 0.6 is 0 Å². The number of piperidine rings is 1. The molecule has 4 rings (SSSR count). The van der Waals surface area contributed by atoms with Gasteiger partial charge in [0.25, 0.3) is 0 Å². The summed E-state index contributed by atoms with van der Waals surface area (Å²) in [4.78, 5) is 15.8. The van der Waals surface area contributed by atoms with Crippen molar-refractivity contribution in [2.75, 3.05) is 27.4 Å². The second kappa shape index (κ2) is 8.33. The van der Waals surface area contributed by atoms with Crippen LogP contribution in [-0.2, 0) is 11.3 Å². The number of rotatable bonds is 6. The molecule has 2 unspecified atom stereocenters. The number of methoxy groups -OCH3 is 2. The molecular formula is C23H27NO4. The predicted molar refractivity (Wildman–Crippen MR) is 107 cm³/mol. The van der Waals surface area contributed by atoms with E-state index in [1.54, 1.807) is 20.3 Å². The normalized spacial score (nSPS) is 24.6. The third kappa shape index (κ3) is 3.91. The molecule has 0 aromatic heterocycles. The second-order valence-corrected chi connectivity index (χ2v) is 7.64. The van der Waals surface area contributed by atoms with Gasteiger partial charge in [0, 0.05) is 36.2 Å². The van der Waals surface area contributed by atoms with Crippen molar-refractivity contribution in [3.8, 4) is 11.5 Å². The van der Waals surface area contributed by atoms with Gasteiger partial charge in [-0.1, -0.05) is 30.3 Å². The van der Waals surface area contributed by atoms with E-state index in [9.17, 15) is 4.79 Å². The number of ketones is 1. The summed E-state index contributed by atoms with van der Waals surface area (Å²) in [6.07, 6.45) is 1.64. The van der Waals surface area contributed by atoms with Crippen LogP contribution in [0.2, 0.25) is 0 Å². The van der Waals surface area contributed by atoms with Crippen molar-refractivity contribution >= 4 is 5.78 Å². The average Bonchev–Trinajstić information content (AvgIpc) is 2.73. The molecule has 2 aliphatic heterocycles. The van der Waals surface area contributed by atoms with Gasteiger partial charge in [0.05, 0.1) is 27.4 Å². The number of nitrogens with zero attached hydrogens (tertiary/aromatic N) is 1. The third-order valence-corrected chi connectivity index (χ3v) is 5.89. The summed E-state index contributed by atoms with van der Waals surface area (Å²) in [5, 5.41) is 0. The van der Waals surface area contributed by atoms with Crippen LogP contribution in [0.25, 0.3) is 0 Å². The highest BCUT2D eigenvalue weighted by Crippen LogP contribution is 2.35. The Morgan fingerprint density at radius 2 is 1.61 bits per heavy atom. The van der Waals surface area contributed by atoms with Gasteiger partial charge >= 0.3 is 0 Å². The lowest BCUT2D eigenvalue weighted by Crippen LogP contribution is -2.57. The Hall–Kier alpha value is -2.37. The van der Waals surface area contributed by atoms with Gasteiger partial charge in [-0.3, -0.25) is 9.69 Å². The minimum atomic E-state index is 0.00253. The van der Waals surface area contributed by atoms with Crippen molar-refractivity contribution in [1.29, 1.82) is 0 Å². The van der Waals surface area contributed by atoms with E-state index in [0.717, 1.165) is 19.4 Å². The average molecular weight is 381 g/mol. The van der Waals surface area contributed by atoms with E-state index in [1.165, 1.54) is 5.56 Å². The smallest absolute Gasteiger partial charge is 0.166 e. The van der Waals surface area contributed by atoms with Gasteiger partial charge in [0.15, 0.2) is 5.78 Å². The minimum Gasteiger partial charge on any atom is -0.497 e. The van der Waals surface area contributed by atoms with Crippen molar-refractivity contribution in [2.24, 2.45) is 5.92 Å². The Morgan fingerprint density at radius 3 is 2.18 bits per heavy atom. The van der Waals surface area contributed by atoms with E-state index in [4.69, 9.17) is 14.2 Å². The molecule has 0 saturated carbocycles. The minimum absolute atomic E-state index is 0.00253. The second-order valence-electron chi connectivity index (χ2n) is 7.64. The molecule has 0 aliphatic carbocycles. The maximum absolute atomic E-state index is 13.3. The molecule has 28 heavy (non-hydrogen) atoms. The number of carbonyl (C=O) groups excluding carboxylic acids is 1. The zero-order valence-corrected chi connectivity index (χ0v) is 16.5. The summed E-state index contributed by atoms with van der Waals surface area (Å²) < 4.78 is 16.5. The molecule has 5 heteroatoms. The van der Waals surface area contributed by atoms with E-state index >= 15 is 0 Å². The Labute approximate surface area is 166 Å². The van der Waals surface area contributed by atoms with Crippen LogP contribution in [0.3, 0.4) is 0 Å². The molecule has 2 bridgehead atoms. The number of carbonyl (C=O) groups is 1. The molecule has 148 valence electrons. The molecule has 0 amide bonds. The third-order valence-electron chi connectivity index (χ3n) is 5.89. The van der Waals surface area contributed by atoms with Crippen molar-refractivity contribution in [2.45, 2.75) is 31.5 Å². The fourth-order valence-electron chi connectivity index (χ4n) is 4.44. The molecule has 2 aliphatic rings. The number of fused-ring (bicyclic) bond motifs is 2. The Kier molecular flexibility index (Phi) is 5.64. The summed E-state index contributed by atoms with van der Waals surface area (Å²) in [6, 6.07) is 16.5. The number of hydrogen-bond acceptors (Lipinski definition) is 5. The van der Waals surface area contributed by atoms with Crippen LogP contribution in [0.1, 0.15) is 28.8 Å². The van der Waals surface area contributed by atoms with Crippen LogP contribution in [0.5, 0.6) is 11.5 Å². The molecule has 2 heterocycles. The molecule has 2 aromatic carbocycles. The Balaban J connectivity index is 1.51. The molecule has 2 atom stereocenters. The highest BCUT2D eigenvalue weighted by Gasteiger charge is 2.41. The van der Waals surface area contributed by atoms with Crippen LogP contribution in [0.15, 0.2) is 48.5 Å². The number of Topliss-reactive ketones (excluding diaryl/α,β-unsaturated/α-hetero) is 1. The largest absolute Gasteiger partial charge is 0.497 e. The monoisotopic (exact) mass is 381 g/mol. The number of benzene rings is 2. The van der Waals surface area contributed by atoms with E-state index in [0.29, 0.717) is 30.3 Å². The van der Waals surface area contributed by atoms with Crippen LogP contribution in [0.4, 0.5) is 0 Å². The van der Waals surface area contributed by atoms with Crippen LogP contribution < -0.4 is 9.47 Å². The van der Waals surface area contributed by atoms with Crippen molar-refractivity contribution < 1.29 is 19.0 Å². The Morgan fingerprint density at radius 1 is 1.00 bits per heavy atom. The molecule has 0 N–H and O–H groups in total. The van der Waals surface area contributed by atoms with Gasteiger partial charge in [0.1, 0.15) is 11.5 Å². The van der Waals surface area contributed by atoms with Gasteiger partial charge in [0.2, 0.25) is 0 Å². The van der Waals surface area contributed by atoms with Crippen LogP contribution in [0, 0.1) is 5.92 Å². The molecule has 0 spiro atoms. The first-order valence-electron chi connectivity index (χ1n) is 9.82. The first-order chi connectivity index (χ1) is 13.7. The van der Waals surface area contributed by atoms with E-state index in [2.05, 4.69) is 29.2 Å². The van der Waals surface area contributed by atoms with Crippen molar-refractivity contribution in [3.05, 3.63) is 59.7 Å². The molecule has 2 saturated heterocycles. The fraction of sp³-hybridized carbons (Fsp3) is 0.435. The lowest BCUT2D eigenvalue weighted by Gasteiger charge is -2.48. The number of morpholine rings is 1. The first-order valence-corrected chi connectivity index (χ1v) is 9.82. The SMILES string of the molecule is COc1cc(OC)cc(C(=O)C2CC3COCC(C2)N3Cc2ccccc2)c1. The molecular weight excluding hydrogens is 354 g/mol. The van der Waals surface area contributed by atoms with Gasteiger partial charge in [-0.25, -0.2) is 0 Å². The lowest BCUT2D eigenvalue weighted by atomic mass is 9.80. The van der Waals surface area contributed by atoms with Crippen molar-refractivity contribution in [3.63, 3.8) is 0 Å². The molecule has 0 radical (unpaired) electrons. The van der Waals surface area contributed by atoms with Gasteiger partial charge in [-0.15, -0.1) is 0 Å². The maximum Gasteiger partial charge on any atom is 0.166 e. The summed E-state index contributed by atoms with van der Waals surface area (Å²) >= 11 is 0. The lowest BCUT2D eigenvalue weighted by molar-refractivity contribution is -0.0872. The maximum atomic E-state index is 13.3. The summed E-state index contributed by atoms with van der Waals surface area (Å²) in [7, 11) is 3.21. The molecule has 2 aromatic rings. The van der Waals surface area contributed by atoms with E-state index < -0.39 is 0 Å². The van der Waals surface area contributed by atoms with E-state index in [1.807, 2.05) is 18.2 Å². The summed E-state index contributed by atoms with van der Waals surface area (Å²) in [6.45, 7) is 2.29. The quantitative estimate of drug-likeness (QED) is 0.716. The van der Waals surface area contributed by atoms with Gasteiger partial charge in [-0.2, -0.15) is 0 Å². The zero-order valence-electron chi connectivity index (χ0n) is 16.5. The standard InChI is InChI=1S/C23H27NO4/c1-26-21-10-18(11-22(12-21)27-2)23(25)17-8-19-14-28-15-20(9-17)24(19)13-16-6-4-3-5-7-16/h3-7,10-12,17,19-20H,8-9,13-15H2,1-2H3. The number of ether oxygens (including phenoxy) is 3. The van der Waals surface area contributed by atoms with Gasteiger partial charge < -0.3 is 14.2 Å². The van der Waals surface area contributed by atoms with Gasteiger partial charge in [-0.05, 0) is 30.5 Å². The highest BCUT2D eigenvalue weighted by molar-refractivity contribution is 5.98. The molecule has 2 fully saturated rings. The highest BCUT2D eigenvalue weighted by atomic mass is 16.5. The summed E-state index contributed by atoms with van der Waals surface area (Å²) in [5.41, 5.74) is 1.97. The Bertz CT molecular complexity index is 786. The first kappa shape index (κ1) is 19.0. The zero-order chi connectivity index (χ0) is 19.5. The molecule has 5 nitrogen and oxygen atoms in total.